The molecule has 0 atom stereocenters. The first-order valence-electron chi connectivity index (χ1n) is 3.57. The zero-order valence-electron chi connectivity index (χ0n) is 6.51. The Hall–Kier alpha value is -0.835. The van der Waals surface area contributed by atoms with E-state index in [1.54, 1.807) is 0 Å². The Bertz CT molecular complexity index is 272. The number of rotatable bonds is 3. The summed E-state index contributed by atoms with van der Waals surface area (Å²) in [5.74, 6) is 0.170. The van der Waals surface area contributed by atoms with Gasteiger partial charge in [0.15, 0.2) is 0 Å². The lowest BCUT2D eigenvalue weighted by Crippen LogP contribution is -2.26. The fraction of sp³-hybridized carbons (Fsp3) is 0.143. The summed E-state index contributed by atoms with van der Waals surface area (Å²) in [5, 5.41) is 0.463. The van der Waals surface area contributed by atoms with E-state index in [0.717, 1.165) is 0 Å². The van der Waals surface area contributed by atoms with E-state index in [4.69, 9.17) is 11.6 Å². The first-order valence-corrected chi connectivity index (χ1v) is 3.94. The Balaban J connectivity index is 2.51. The molecule has 13 heavy (non-hydrogen) atoms. The number of hydrogen-bond acceptors (Lipinski definition) is 1. The molecule has 0 spiro atoms. The van der Waals surface area contributed by atoms with E-state index in [0.29, 0.717) is 5.02 Å². The summed E-state index contributed by atoms with van der Waals surface area (Å²) < 4.78 is 39.7. The lowest BCUT2D eigenvalue weighted by atomic mass is 9.95. The average Bonchev–Trinajstić information content (AvgIpc) is 2.02. The molecule has 1 aromatic rings. The van der Waals surface area contributed by atoms with Gasteiger partial charge in [-0.3, -0.25) is 0 Å². The molecule has 0 heterocycles. The van der Waals surface area contributed by atoms with E-state index in [2.05, 4.69) is 4.74 Å². The highest BCUT2D eigenvalue weighted by Gasteiger charge is 2.23. The van der Waals surface area contributed by atoms with Crippen LogP contribution in [0.15, 0.2) is 24.3 Å². The SMILES string of the molecule is F[B-](F)(F)COc1ccc(Cl)cc1. The van der Waals surface area contributed by atoms with Crippen LogP contribution in [0.2, 0.25) is 5.02 Å². The molecule has 1 nitrogen and oxygen atoms in total. The minimum Gasteiger partial charge on any atom is -0.522 e. The van der Waals surface area contributed by atoms with E-state index in [9.17, 15) is 12.9 Å². The van der Waals surface area contributed by atoms with Gasteiger partial charge in [-0.05, 0) is 24.3 Å². The van der Waals surface area contributed by atoms with Gasteiger partial charge in [0.2, 0.25) is 0 Å². The lowest BCUT2D eigenvalue weighted by Gasteiger charge is -2.14. The van der Waals surface area contributed by atoms with Crippen LogP contribution in [0, 0.1) is 0 Å². The van der Waals surface area contributed by atoms with Crippen LogP contribution in [0.25, 0.3) is 0 Å². The zero-order valence-corrected chi connectivity index (χ0v) is 7.27. The number of hydrogen-bond donors (Lipinski definition) is 0. The minimum absolute atomic E-state index is 0.170. The largest absolute Gasteiger partial charge is 0.522 e. The molecule has 0 aromatic heterocycles. The van der Waals surface area contributed by atoms with Gasteiger partial charge in [-0.15, -0.1) is 0 Å². The van der Waals surface area contributed by atoms with Crippen molar-refractivity contribution in [2.45, 2.75) is 0 Å². The van der Waals surface area contributed by atoms with Crippen molar-refractivity contribution in [2.24, 2.45) is 0 Å². The van der Waals surface area contributed by atoms with Gasteiger partial charge in [0.05, 0.1) is 6.51 Å². The first-order chi connectivity index (χ1) is 5.97. The van der Waals surface area contributed by atoms with Crippen LogP contribution in [0.1, 0.15) is 0 Å². The summed E-state index contributed by atoms with van der Waals surface area (Å²) in [6.07, 6.45) is 0. The van der Waals surface area contributed by atoms with Gasteiger partial charge in [-0.1, -0.05) is 11.6 Å². The summed E-state index contributed by atoms with van der Waals surface area (Å²) in [5.41, 5.74) is 0. The average molecular weight is 209 g/mol. The van der Waals surface area contributed by atoms with Crippen LogP contribution in [0.4, 0.5) is 12.9 Å². The van der Waals surface area contributed by atoms with Crippen molar-refractivity contribution in [3.8, 4) is 5.75 Å². The van der Waals surface area contributed by atoms with Crippen molar-refractivity contribution in [3.63, 3.8) is 0 Å². The van der Waals surface area contributed by atoms with Crippen LogP contribution in [-0.4, -0.2) is 13.5 Å². The molecule has 0 unspecified atom stereocenters. The van der Waals surface area contributed by atoms with Gasteiger partial charge >= 0.3 is 6.98 Å². The third kappa shape index (κ3) is 4.08. The van der Waals surface area contributed by atoms with Crippen molar-refractivity contribution in [3.05, 3.63) is 29.3 Å². The third-order valence-electron chi connectivity index (χ3n) is 1.25. The number of benzene rings is 1. The summed E-state index contributed by atoms with van der Waals surface area (Å²) in [7, 11) is 0. The molecule has 0 saturated heterocycles. The maximum atomic E-state index is 11.7. The molecule has 0 amide bonds. The lowest BCUT2D eigenvalue weighted by molar-refractivity contribution is 0.313. The Kier molecular flexibility index (Phi) is 3.09. The summed E-state index contributed by atoms with van der Waals surface area (Å²) in [6.45, 7) is -6.11. The molecule has 0 saturated carbocycles. The van der Waals surface area contributed by atoms with E-state index >= 15 is 0 Å². The molecule has 72 valence electrons. The van der Waals surface area contributed by atoms with Crippen molar-refractivity contribution < 1.29 is 17.7 Å². The van der Waals surface area contributed by atoms with Crippen molar-refractivity contribution in [2.75, 3.05) is 6.51 Å². The van der Waals surface area contributed by atoms with Crippen molar-refractivity contribution >= 4 is 18.6 Å². The van der Waals surface area contributed by atoms with E-state index < -0.39 is 13.5 Å². The second-order valence-corrected chi connectivity index (χ2v) is 2.91. The second-order valence-electron chi connectivity index (χ2n) is 2.48. The molecule has 1 aromatic carbocycles. The minimum atomic E-state index is -4.89. The third-order valence-corrected chi connectivity index (χ3v) is 1.50. The molecular weight excluding hydrogens is 203 g/mol. The highest BCUT2D eigenvalue weighted by Crippen LogP contribution is 2.17. The predicted octanol–water partition coefficient (Wildman–Crippen LogP) is 3.11. The van der Waals surface area contributed by atoms with Crippen LogP contribution < -0.4 is 4.74 Å². The Morgan fingerprint density at radius 3 is 2.15 bits per heavy atom. The maximum Gasteiger partial charge on any atom is 0.515 e. The van der Waals surface area contributed by atoms with Crippen LogP contribution in [-0.2, 0) is 0 Å². The van der Waals surface area contributed by atoms with Gasteiger partial charge < -0.3 is 17.7 Å². The second kappa shape index (κ2) is 3.92. The molecule has 6 heteroatoms. The van der Waals surface area contributed by atoms with E-state index in [1.165, 1.54) is 24.3 Å². The summed E-state index contributed by atoms with van der Waals surface area (Å²) in [4.78, 5) is 0. The van der Waals surface area contributed by atoms with Gasteiger partial charge in [0, 0.05) is 5.02 Å². The van der Waals surface area contributed by atoms with Crippen LogP contribution >= 0.6 is 11.6 Å². The molecule has 0 aliphatic rings. The molecule has 0 bridgehead atoms. The molecule has 0 N–H and O–H groups in total. The quantitative estimate of drug-likeness (QED) is 0.695. The predicted molar refractivity (Wildman–Crippen MR) is 46.0 cm³/mol. The fourth-order valence-electron chi connectivity index (χ4n) is 0.722. The smallest absolute Gasteiger partial charge is 0.515 e. The number of halogens is 4. The van der Waals surface area contributed by atoms with Gasteiger partial charge in [0.1, 0.15) is 5.75 Å². The number of ether oxygens (including phenoxy) is 1. The summed E-state index contributed by atoms with van der Waals surface area (Å²) in [6, 6.07) is 5.73. The summed E-state index contributed by atoms with van der Waals surface area (Å²) >= 11 is 5.53. The zero-order chi connectivity index (χ0) is 9.90. The van der Waals surface area contributed by atoms with E-state index in [1.807, 2.05) is 0 Å². The fourth-order valence-corrected chi connectivity index (χ4v) is 0.848. The van der Waals surface area contributed by atoms with Gasteiger partial charge in [-0.2, -0.15) is 0 Å². The normalized spacial score (nSPS) is 11.4. The topological polar surface area (TPSA) is 9.23 Å². The van der Waals surface area contributed by atoms with Crippen LogP contribution in [0.5, 0.6) is 5.75 Å². The Labute approximate surface area is 78.5 Å². The first kappa shape index (κ1) is 10.2. The highest BCUT2D eigenvalue weighted by atomic mass is 35.5. The van der Waals surface area contributed by atoms with E-state index in [-0.39, 0.29) is 5.75 Å². The molecule has 0 aliphatic heterocycles. The molecular formula is C7H6BClF3O-. The molecule has 0 aliphatic carbocycles. The standard InChI is InChI=1S/C7H6BClF3O/c9-6-1-3-7(4-2-6)13-5-8(10,11)12/h1-4H,5H2/q-1. The van der Waals surface area contributed by atoms with Gasteiger partial charge in [0.25, 0.3) is 0 Å². The van der Waals surface area contributed by atoms with Crippen molar-refractivity contribution in [1.29, 1.82) is 0 Å². The highest BCUT2D eigenvalue weighted by molar-refractivity contribution is 6.58. The van der Waals surface area contributed by atoms with Crippen LogP contribution in [0.3, 0.4) is 0 Å². The molecule has 1 rings (SSSR count). The molecule has 0 fully saturated rings. The molecule has 0 radical (unpaired) electrons. The Morgan fingerprint density at radius 2 is 1.69 bits per heavy atom. The monoisotopic (exact) mass is 209 g/mol. The maximum absolute atomic E-state index is 11.7. The Morgan fingerprint density at radius 1 is 1.15 bits per heavy atom. The van der Waals surface area contributed by atoms with Crippen molar-refractivity contribution in [1.82, 2.24) is 0 Å². The van der Waals surface area contributed by atoms with Gasteiger partial charge in [-0.25, -0.2) is 0 Å².